The first-order valence-corrected chi connectivity index (χ1v) is 4.89. The third-order valence-electron chi connectivity index (χ3n) is 3.04. The number of hydrogen-bond acceptors (Lipinski definition) is 3. The predicted octanol–water partition coefficient (Wildman–Crippen LogP) is -1.22. The molecular formula is C9H15N3O2. The molecule has 2 fully saturated rings. The van der Waals surface area contributed by atoms with Crippen LogP contribution in [0, 0.1) is 0 Å². The van der Waals surface area contributed by atoms with Crippen LogP contribution in [0.25, 0.3) is 0 Å². The highest BCUT2D eigenvalue weighted by molar-refractivity contribution is 5.86. The average molecular weight is 197 g/mol. The Kier molecular flexibility index (Phi) is 2.19. The summed E-state index contributed by atoms with van der Waals surface area (Å²) in [5.74, 6) is 0.112. The molecule has 5 nitrogen and oxygen atoms in total. The van der Waals surface area contributed by atoms with E-state index in [1.807, 2.05) is 0 Å². The lowest BCUT2D eigenvalue weighted by Gasteiger charge is -2.22. The van der Waals surface area contributed by atoms with Gasteiger partial charge in [0.05, 0.1) is 12.1 Å². The van der Waals surface area contributed by atoms with Gasteiger partial charge in [-0.3, -0.25) is 9.59 Å². The summed E-state index contributed by atoms with van der Waals surface area (Å²) in [6.07, 6.45) is 1.17. The first-order chi connectivity index (χ1) is 6.59. The van der Waals surface area contributed by atoms with Crippen molar-refractivity contribution in [2.75, 3.05) is 20.1 Å². The Balaban J connectivity index is 2.04. The second kappa shape index (κ2) is 3.24. The first kappa shape index (κ1) is 9.45. The standard InChI is InChI=1S/C9H15N3O2/c1-11-5-6(4-8(11)13)12-3-2-7(10)9(12)14/h6-7H,2-5,10H2,1H3. The van der Waals surface area contributed by atoms with Crippen molar-refractivity contribution in [3.63, 3.8) is 0 Å². The molecular weight excluding hydrogens is 182 g/mol. The molecule has 14 heavy (non-hydrogen) atoms. The molecule has 2 unspecified atom stereocenters. The number of amides is 2. The monoisotopic (exact) mass is 197 g/mol. The third kappa shape index (κ3) is 1.37. The molecule has 0 radical (unpaired) electrons. The Morgan fingerprint density at radius 2 is 2.14 bits per heavy atom. The second-order valence-electron chi connectivity index (χ2n) is 4.06. The molecule has 0 aromatic heterocycles. The minimum atomic E-state index is -0.351. The summed E-state index contributed by atoms with van der Waals surface area (Å²) in [4.78, 5) is 26.3. The molecule has 2 heterocycles. The fourth-order valence-electron chi connectivity index (χ4n) is 2.14. The van der Waals surface area contributed by atoms with Gasteiger partial charge >= 0.3 is 0 Å². The summed E-state index contributed by atoms with van der Waals surface area (Å²) in [6, 6.07) is -0.301. The van der Waals surface area contributed by atoms with Crippen LogP contribution in [-0.2, 0) is 9.59 Å². The van der Waals surface area contributed by atoms with Crippen LogP contribution in [0.1, 0.15) is 12.8 Å². The van der Waals surface area contributed by atoms with Crippen molar-refractivity contribution >= 4 is 11.8 Å². The van der Waals surface area contributed by atoms with Crippen molar-refractivity contribution in [1.82, 2.24) is 9.80 Å². The van der Waals surface area contributed by atoms with Crippen molar-refractivity contribution in [3.8, 4) is 0 Å². The zero-order valence-electron chi connectivity index (χ0n) is 8.27. The van der Waals surface area contributed by atoms with Gasteiger partial charge in [0.1, 0.15) is 0 Å². The van der Waals surface area contributed by atoms with E-state index in [2.05, 4.69) is 0 Å². The van der Waals surface area contributed by atoms with E-state index >= 15 is 0 Å². The molecule has 5 heteroatoms. The molecule has 0 bridgehead atoms. The fraction of sp³-hybridized carbons (Fsp3) is 0.778. The van der Waals surface area contributed by atoms with Gasteiger partial charge < -0.3 is 15.5 Å². The summed E-state index contributed by atoms with van der Waals surface area (Å²) in [6.45, 7) is 1.35. The summed E-state index contributed by atoms with van der Waals surface area (Å²) in [5.41, 5.74) is 5.62. The number of likely N-dealkylation sites (tertiary alicyclic amines) is 2. The topological polar surface area (TPSA) is 66.6 Å². The van der Waals surface area contributed by atoms with Gasteiger partial charge in [0, 0.05) is 26.6 Å². The minimum Gasteiger partial charge on any atom is -0.344 e. The summed E-state index contributed by atoms with van der Waals surface area (Å²) in [5, 5.41) is 0. The van der Waals surface area contributed by atoms with Gasteiger partial charge in [-0.2, -0.15) is 0 Å². The van der Waals surface area contributed by atoms with Gasteiger partial charge in [0.15, 0.2) is 0 Å². The zero-order valence-corrected chi connectivity index (χ0v) is 8.27. The highest BCUT2D eigenvalue weighted by Crippen LogP contribution is 2.20. The largest absolute Gasteiger partial charge is 0.344 e. The lowest BCUT2D eigenvalue weighted by atomic mass is 10.2. The number of nitrogens with zero attached hydrogens (tertiary/aromatic N) is 2. The van der Waals surface area contributed by atoms with Crippen LogP contribution in [0.2, 0.25) is 0 Å². The highest BCUT2D eigenvalue weighted by atomic mass is 16.2. The Labute approximate surface area is 82.8 Å². The summed E-state index contributed by atoms with van der Waals surface area (Å²) in [7, 11) is 1.77. The molecule has 2 N–H and O–H groups in total. The van der Waals surface area contributed by atoms with Crippen molar-refractivity contribution in [2.24, 2.45) is 5.73 Å². The molecule has 2 amide bonds. The first-order valence-electron chi connectivity index (χ1n) is 4.89. The van der Waals surface area contributed by atoms with E-state index in [0.29, 0.717) is 25.9 Å². The molecule has 0 aromatic carbocycles. The maximum absolute atomic E-state index is 11.6. The maximum atomic E-state index is 11.6. The number of likely N-dealkylation sites (N-methyl/N-ethyl adjacent to an activating group) is 1. The number of rotatable bonds is 1. The molecule has 0 saturated carbocycles. The van der Waals surface area contributed by atoms with Crippen LogP contribution in [0.5, 0.6) is 0 Å². The summed E-state index contributed by atoms with van der Waals surface area (Å²) >= 11 is 0. The van der Waals surface area contributed by atoms with Gasteiger partial charge in [0.2, 0.25) is 11.8 Å². The van der Waals surface area contributed by atoms with Crippen molar-refractivity contribution < 1.29 is 9.59 Å². The zero-order chi connectivity index (χ0) is 10.3. The Hall–Kier alpha value is -1.10. The van der Waals surface area contributed by atoms with Crippen LogP contribution in [0.15, 0.2) is 0 Å². The number of hydrogen-bond donors (Lipinski definition) is 1. The smallest absolute Gasteiger partial charge is 0.239 e. The van der Waals surface area contributed by atoms with E-state index in [9.17, 15) is 9.59 Å². The van der Waals surface area contributed by atoms with Gasteiger partial charge in [0.25, 0.3) is 0 Å². The van der Waals surface area contributed by atoms with Crippen LogP contribution < -0.4 is 5.73 Å². The average Bonchev–Trinajstić information content (AvgIpc) is 2.61. The molecule has 2 atom stereocenters. The molecule has 78 valence electrons. The van der Waals surface area contributed by atoms with E-state index < -0.39 is 0 Å². The van der Waals surface area contributed by atoms with Gasteiger partial charge in [-0.05, 0) is 6.42 Å². The van der Waals surface area contributed by atoms with Crippen molar-refractivity contribution in [2.45, 2.75) is 24.9 Å². The minimum absolute atomic E-state index is 0.00176. The summed E-state index contributed by atoms with van der Waals surface area (Å²) < 4.78 is 0. The third-order valence-corrected chi connectivity index (χ3v) is 3.04. The van der Waals surface area contributed by atoms with Gasteiger partial charge in [-0.15, -0.1) is 0 Å². The Morgan fingerprint density at radius 1 is 1.43 bits per heavy atom. The molecule has 2 aliphatic heterocycles. The predicted molar refractivity (Wildman–Crippen MR) is 50.3 cm³/mol. The number of carbonyl (C=O) groups excluding carboxylic acids is 2. The van der Waals surface area contributed by atoms with Crippen LogP contribution in [0.4, 0.5) is 0 Å². The van der Waals surface area contributed by atoms with Crippen molar-refractivity contribution in [3.05, 3.63) is 0 Å². The van der Waals surface area contributed by atoms with E-state index in [1.54, 1.807) is 16.8 Å². The highest BCUT2D eigenvalue weighted by Gasteiger charge is 2.38. The van der Waals surface area contributed by atoms with E-state index in [-0.39, 0.29) is 23.9 Å². The maximum Gasteiger partial charge on any atom is 0.239 e. The van der Waals surface area contributed by atoms with Crippen LogP contribution in [0.3, 0.4) is 0 Å². The van der Waals surface area contributed by atoms with Crippen LogP contribution >= 0.6 is 0 Å². The molecule has 0 aliphatic carbocycles. The van der Waals surface area contributed by atoms with Gasteiger partial charge in [-0.25, -0.2) is 0 Å². The number of nitrogens with two attached hydrogens (primary N) is 1. The Bertz CT molecular complexity index is 279. The molecule has 0 aromatic rings. The lowest BCUT2D eigenvalue weighted by molar-refractivity contribution is -0.130. The molecule has 2 saturated heterocycles. The SMILES string of the molecule is CN1CC(N2CCC(N)C2=O)CC1=O. The lowest BCUT2D eigenvalue weighted by Crippen LogP contribution is -2.41. The molecule has 2 rings (SSSR count). The van der Waals surface area contributed by atoms with E-state index in [0.717, 1.165) is 0 Å². The number of carbonyl (C=O) groups is 2. The van der Waals surface area contributed by atoms with E-state index in [4.69, 9.17) is 5.73 Å². The fourth-order valence-corrected chi connectivity index (χ4v) is 2.14. The molecule has 2 aliphatic rings. The molecule has 0 spiro atoms. The second-order valence-corrected chi connectivity index (χ2v) is 4.06. The van der Waals surface area contributed by atoms with E-state index in [1.165, 1.54) is 0 Å². The Morgan fingerprint density at radius 3 is 2.57 bits per heavy atom. The normalized spacial score (nSPS) is 33.3. The van der Waals surface area contributed by atoms with Crippen LogP contribution in [-0.4, -0.2) is 53.8 Å². The quantitative estimate of drug-likeness (QED) is 0.573. The van der Waals surface area contributed by atoms with Gasteiger partial charge in [-0.1, -0.05) is 0 Å². The van der Waals surface area contributed by atoms with Crippen molar-refractivity contribution in [1.29, 1.82) is 0 Å².